The van der Waals surface area contributed by atoms with Gasteiger partial charge in [0.1, 0.15) is 0 Å². The summed E-state index contributed by atoms with van der Waals surface area (Å²) in [6.07, 6.45) is 2.12. The lowest BCUT2D eigenvalue weighted by Gasteiger charge is -2.27. The van der Waals surface area contributed by atoms with Gasteiger partial charge >= 0.3 is 0 Å². The molecule has 0 radical (unpaired) electrons. The number of nitrogens with two attached hydrogens (primary N) is 1. The summed E-state index contributed by atoms with van der Waals surface area (Å²) < 4.78 is 0. The Kier molecular flexibility index (Phi) is 7.15. The van der Waals surface area contributed by atoms with E-state index in [9.17, 15) is 9.59 Å². The van der Waals surface area contributed by atoms with Crippen LogP contribution in [0, 0.1) is 5.92 Å². The molecule has 1 unspecified atom stereocenters. The van der Waals surface area contributed by atoms with Gasteiger partial charge in [0, 0.05) is 12.6 Å². The van der Waals surface area contributed by atoms with Crippen molar-refractivity contribution in [3.63, 3.8) is 0 Å². The van der Waals surface area contributed by atoms with E-state index in [0.717, 1.165) is 19.4 Å². The van der Waals surface area contributed by atoms with Crippen LogP contribution in [0.3, 0.4) is 0 Å². The van der Waals surface area contributed by atoms with Crippen molar-refractivity contribution in [3.8, 4) is 0 Å². The van der Waals surface area contributed by atoms with Crippen LogP contribution in [-0.2, 0) is 9.59 Å². The lowest BCUT2D eigenvalue weighted by atomic mass is 10.0. The first kappa shape index (κ1) is 16.2. The van der Waals surface area contributed by atoms with E-state index in [4.69, 9.17) is 5.73 Å². The van der Waals surface area contributed by atoms with E-state index in [1.165, 1.54) is 0 Å². The first-order chi connectivity index (χ1) is 7.56. The Balaban J connectivity index is 0.00000256. The highest BCUT2D eigenvalue weighted by Crippen LogP contribution is 2.23. The SMILES string of the molecule is CC(C)C1CCCN1C(=O)CNC(=O)CN.Cl. The van der Waals surface area contributed by atoms with Crippen LogP contribution in [0.4, 0.5) is 0 Å². The van der Waals surface area contributed by atoms with Crippen molar-refractivity contribution in [1.29, 1.82) is 0 Å². The Labute approximate surface area is 109 Å². The molecular formula is C11H22ClN3O2. The molecule has 1 saturated heterocycles. The number of nitrogens with one attached hydrogen (secondary N) is 1. The van der Waals surface area contributed by atoms with Gasteiger partial charge in [-0.2, -0.15) is 0 Å². The highest BCUT2D eigenvalue weighted by molar-refractivity contribution is 5.86. The van der Waals surface area contributed by atoms with Crippen molar-refractivity contribution >= 4 is 24.2 Å². The van der Waals surface area contributed by atoms with Gasteiger partial charge < -0.3 is 16.0 Å². The Bertz CT molecular complexity index is 271. The number of hydrogen-bond donors (Lipinski definition) is 2. The molecule has 1 aliphatic rings. The number of likely N-dealkylation sites (tertiary alicyclic amines) is 1. The maximum absolute atomic E-state index is 11.9. The summed E-state index contributed by atoms with van der Waals surface area (Å²) in [5.74, 6) is 0.184. The number of carbonyl (C=O) groups excluding carboxylic acids is 2. The minimum Gasteiger partial charge on any atom is -0.346 e. The molecule has 0 aromatic heterocycles. The quantitative estimate of drug-likeness (QED) is 0.757. The topological polar surface area (TPSA) is 75.4 Å². The van der Waals surface area contributed by atoms with E-state index in [1.54, 1.807) is 0 Å². The molecule has 2 amide bonds. The van der Waals surface area contributed by atoms with Gasteiger partial charge in [0.25, 0.3) is 0 Å². The number of halogens is 1. The molecular weight excluding hydrogens is 242 g/mol. The predicted octanol–water partition coefficient (Wildman–Crippen LogP) is 0.130. The van der Waals surface area contributed by atoms with Crippen LogP contribution >= 0.6 is 12.4 Å². The Morgan fingerprint density at radius 1 is 1.47 bits per heavy atom. The zero-order valence-corrected chi connectivity index (χ0v) is 11.3. The lowest BCUT2D eigenvalue weighted by molar-refractivity contribution is -0.133. The Morgan fingerprint density at radius 3 is 2.65 bits per heavy atom. The van der Waals surface area contributed by atoms with Gasteiger partial charge in [-0.1, -0.05) is 13.8 Å². The van der Waals surface area contributed by atoms with Gasteiger partial charge in [-0.15, -0.1) is 12.4 Å². The molecule has 0 aromatic rings. The Hall–Kier alpha value is -0.810. The molecule has 1 fully saturated rings. The predicted molar refractivity (Wildman–Crippen MR) is 68.9 cm³/mol. The molecule has 0 spiro atoms. The summed E-state index contributed by atoms with van der Waals surface area (Å²) in [5.41, 5.74) is 5.15. The standard InChI is InChI=1S/C11H21N3O2.ClH/c1-8(2)9-4-3-5-14(9)11(16)7-13-10(15)6-12;/h8-9H,3-7,12H2,1-2H3,(H,13,15);1H. The number of hydrogen-bond acceptors (Lipinski definition) is 3. The highest BCUT2D eigenvalue weighted by Gasteiger charge is 2.30. The summed E-state index contributed by atoms with van der Waals surface area (Å²) in [6.45, 7) is 5.05. The van der Waals surface area contributed by atoms with Crippen molar-refractivity contribution in [2.24, 2.45) is 11.7 Å². The third-order valence-corrected chi connectivity index (χ3v) is 3.01. The van der Waals surface area contributed by atoms with Gasteiger partial charge in [-0.25, -0.2) is 0 Å². The van der Waals surface area contributed by atoms with Crippen LogP contribution in [0.15, 0.2) is 0 Å². The number of carbonyl (C=O) groups is 2. The van der Waals surface area contributed by atoms with Gasteiger partial charge in [0.05, 0.1) is 13.1 Å². The molecule has 17 heavy (non-hydrogen) atoms. The maximum Gasteiger partial charge on any atom is 0.242 e. The summed E-state index contributed by atoms with van der Waals surface area (Å²) in [4.78, 5) is 24.7. The molecule has 6 heteroatoms. The van der Waals surface area contributed by atoms with Gasteiger partial charge in [-0.05, 0) is 18.8 Å². The number of nitrogens with zero attached hydrogens (tertiary/aromatic N) is 1. The van der Waals surface area contributed by atoms with Crippen LogP contribution in [0.25, 0.3) is 0 Å². The van der Waals surface area contributed by atoms with Gasteiger partial charge in [-0.3, -0.25) is 9.59 Å². The second kappa shape index (κ2) is 7.50. The van der Waals surface area contributed by atoms with E-state index in [-0.39, 0.29) is 37.3 Å². The number of amides is 2. The first-order valence-electron chi connectivity index (χ1n) is 5.82. The minimum atomic E-state index is -0.284. The monoisotopic (exact) mass is 263 g/mol. The molecule has 5 nitrogen and oxygen atoms in total. The summed E-state index contributed by atoms with van der Waals surface area (Å²) in [6, 6.07) is 0.322. The molecule has 0 aromatic carbocycles. The summed E-state index contributed by atoms with van der Waals surface area (Å²) in [7, 11) is 0. The maximum atomic E-state index is 11.9. The molecule has 3 N–H and O–H groups in total. The molecule has 0 saturated carbocycles. The third-order valence-electron chi connectivity index (χ3n) is 3.01. The van der Waals surface area contributed by atoms with Crippen molar-refractivity contribution in [2.45, 2.75) is 32.7 Å². The van der Waals surface area contributed by atoms with Crippen molar-refractivity contribution < 1.29 is 9.59 Å². The molecule has 1 aliphatic heterocycles. The molecule has 100 valence electrons. The average molecular weight is 264 g/mol. The summed E-state index contributed by atoms with van der Waals surface area (Å²) >= 11 is 0. The van der Waals surface area contributed by atoms with Crippen LogP contribution in [0.2, 0.25) is 0 Å². The molecule has 1 heterocycles. The fraction of sp³-hybridized carbons (Fsp3) is 0.818. The normalized spacial score (nSPS) is 19.1. The van der Waals surface area contributed by atoms with Gasteiger partial charge in [0.2, 0.25) is 11.8 Å². The van der Waals surface area contributed by atoms with Crippen LogP contribution in [0.5, 0.6) is 0 Å². The lowest BCUT2D eigenvalue weighted by Crippen LogP contribution is -2.45. The van der Waals surface area contributed by atoms with E-state index in [2.05, 4.69) is 19.2 Å². The fourth-order valence-corrected chi connectivity index (χ4v) is 2.14. The third kappa shape index (κ3) is 4.52. The first-order valence-corrected chi connectivity index (χ1v) is 5.82. The molecule has 1 rings (SSSR count). The van der Waals surface area contributed by atoms with Crippen molar-refractivity contribution in [1.82, 2.24) is 10.2 Å². The van der Waals surface area contributed by atoms with Crippen LogP contribution in [0.1, 0.15) is 26.7 Å². The van der Waals surface area contributed by atoms with Crippen molar-refractivity contribution in [3.05, 3.63) is 0 Å². The zero-order chi connectivity index (χ0) is 12.1. The fourth-order valence-electron chi connectivity index (χ4n) is 2.14. The average Bonchev–Trinajstić information content (AvgIpc) is 2.74. The largest absolute Gasteiger partial charge is 0.346 e. The van der Waals surface area contributed by atoms with Crippen molar-refractivity contribution in [2.75, 3.05) is 19.6 Å². The summed E-state index contributed by atoms with van der Waals surface area (Å²) in [5, 5.41) is 2.51. The van der Waals surface area contributed by atoms with Crippen LogP contribution in [-0.4, -0.2) is 42.4 Å². The van der Waals surface area contributed by atoms with Gasteiger partial charge in [0.15, 0.2) is 0 Å². The highest BCUT2D eigenvalue weighted by atomic mass is 35.5. The van der Waals surface area contributed by atoms with E-state index >= 15 is 0 Å². The molecule has 0 aliphatic carbocycles. The van der Waals surface area contributed by atoms with E-state index < -0.39 is 0 Å². The second-order valence-electron chi connectivity index (χ2n) is 4.52. The van der Waals surface area contributed by atoms with Crippen LogP contribution < -0.4 is 11.1 Å². The van der Waals surface area contributed by atoms with E-state index in [1.807, 2.05) is 4.90 Å². The molecule has 1 atom stereocenters. The second-order valence-corrected chi connectivity index (χ2v) is 4.52. The van der Waals surface area contributed by atoms with E-state index in [0.29, 0.717) is 12.0 Å². The minimum absolute atomic E-state index is 0. The molecule has 0 bridgehead atoms. The Morgan fingerprint density at radius 2 is 2.12 bits per heavy atom. The smallest absolute Gasteiger partial charge is 0.242 e. The zero-order valence-electron chi connectivity index (χ0n) is 10.4. The number of rotatable bonds is 4.